The molecule has 27 heavy (non-hydrogen) atoms. The smallest absolute Gasteiger partial charge is 0.369 e. The fourth-order valence-electron chi connectivity index (χ4n) is 1.96. The van der Waals surface area contributed by atoms with Gasteiger partial charge in [0.15, 0.2) is 0 Å². The maximum atomic E-state index is 13.1. The van der Waals surface area contributed by atoms with Gasteiger partial charge in [-0.1, -0.05) is 6.07 Å². The first-order valence-electron chi connectivity index (χ1n) is 6.76. The summed E-state index contributed by atoms with van der Waals surface area (Å²) in [6.45, 7) is -2.40. The Morgan fingerprint density at radius 2 is 1.63 bits per heavy atom. The number of hydrogen-bond acceptors (Lipinski definition) is 5. The number of nitriles is 1. The number of benzene rings is 1. The van der Waals surface area contributed by atoms with Gasteiger partial charge >= 0.3 is 12.4 Å². The Morgan fingerprint density at radius 3 is 2.00 bits per heavy atom. The van der Waals surface area contributed by atoms with E-state index in [1.165, 1.54) is 6.07 Å². The average molecular weight is 435 g/mol. The third-order valence-corrected chi connectivity index (χ3v) is 6.51. The normalized spacial score (nSPS) is 12.8. The van der Waals surface area contributed by atoms with Crippen molar-refractivity contribution in [1.82, 2.24) is 4.31 Å². The minimum atomic E-state index is -5.20. The Labute approximate surface area is 153 Å². The molecule has 0 fully saturated rings. The highest BCUT2D eigenvalue weighted by atomic mass is 33.1. The molecule has 1 aromatic carbocycles. The monoisotopic (exact) mass is 435 g/mol. The molecule has 1 rings (SSSR count). The summed E-state index contributed by atoms with van der Waals surface area (Å²) < 4.78 is 103. The van der Waals surface area contributed by atoms with Crippen molar-refractivity contribution in [2.24, 2.45) is 5.73 Å². The van der Waals surface area contributed by atoms with Crippen molar-refractivity contribution in [1.29, 1.82) is 5.26 Å². The van der Waals surface area contributed by atoms with Gasteiger partial charge in [0.1, 0.15) is 6.54 Å². The van der Waals surface area contributed by atoms with Crippen molar-refractivity contribution in [3.8, 4) is 6.07 Å². The maximum absolute atomic E-state index is 13.1. The van der Waals surface area contributed by atoms with E-state index in [1.54, 1.807) is 0 Å². The van der Waals surface area contributed by atoms with E-state index in [9.17, 15) is 39.6 Å². The van der Waals surface area contributed by atoms with Gasteiger partial charge in [0.2, 0.25) is 5.91 Å². The molecular formula is C13H11F6N3O3S2. The van der Waals surface area contributed by atoms with Crippen molar-refractivity contribution in [3.05, 3.63) is 34.9 Å². The van der Waals surface area contributed by atoms with Gasteiger partial charge in [-0.25, -0.2) is 8.42 Å². The molecule has 0 heterocycles. The van der Waals surface area contributed by atoms with Gasteiger partial charge in [-0.3, -0.25) is 4.79 Å². The molecule has 2 N–H and O–H groups in total. The predicted molar refractivity (Wildman–Crippen MR) is 83.0 cm³/mol. The van der Waals surface area contributed by atoms with E-state index in [0.717, 1.165) is 0 Å². The second kappa shape index (κ2) is 8.36. The second-order valence-electron chi connectivity index (χ2n) is 4.94. The highest BCUT2D eigenvalue weighted by Gasteiger charge is 2.41. The number of rotatable bonds is 7. The van der Waals surface area contributed by atoms with Crippen molar-refractivity contribution in [2.45, 2.75) is 18.9 Å². The lowest BCUT2D eigenvalue weighted by molar-refractivity contribution is -0.144. The van der Waals surface area contributed by atoms with Crippen LogP contribution < -0.4 is 5.73 Å². The van der Waals surface area contributed by atoms with Crippen LogP contribution in [0.25, 0.3) is 0 Å². The third kappa shape index (κ3) is 6.29. The number of nitrogens with zero attached hydrogens (tertiary/aromatic N) is 2. The van der Waals surface area contributed by atoms with Crippen LogP contribution in [0.15, 0.2) is 18.2 Å². The summed E-state index contributed by atoms with van der Waals surface area (Å²) in [4.78, 5) is 10.7. The van der Waals surface area contributed by atoms with E-state index < -0.39 is 62.8 Å². The molecular weight excluding hydrogens is 424 g/mol. The van der Waals surface area contributed by atoms with Gasteiger partial charge in [0.25, 0.3) is 9.06 Å². The summed E-state index contributed by atoms with van der Waals surface area (Å²) in [5.74, 6) is -1.87. The Bertz CT molecular complexity index is 814. The van der Waals surface area contributed by atoms with Crippen LogP contribution in [0.3, 0.4) is 0 Å². The SMILES string of the molecule is N#CCN(Cc1c(C(F)(F)F)cccc1C(F)(F)F)S(=O)(=O)SCC(N)=O. The molecule has 1 aromatic rings. The van der Waals surface area contributed by atoms with E-state index in [0.29, 0.717) is 18.2 Å². The van der Waals surface area contributed by atoms with Crippen molar-refractivity contribution in [3.63, 3.8) is 0 Å². The lowest BCUT2D eigenvalue weighted by Gasteiger charge is -2.23. The number of primary amides is 1. The van der Waals surface area contributed by atoms with Gasteiger partial charge in [-0.15, -0.1) is 0 Å². The van der Waals surface area contributed by atoms with Crippen LogP contribution >= 0.6 is 10.8 Å². The molecule has 0 bridgehead atoms. The number of carbonyl (C=O) groups is 1. The number of halogens is 6. The van der Waals surface area contributed by atoms with Crippen LogP contribution in [0, 0.1) is 11.3 Å². The molecule has 0 saturated heterocycles. The number of alkyl halides is 6. The lowest BCUT2D eigenvalue weighted by atomic mass is 10.00. The molecule has 0 atom stereocenters. The molecule has 1 amide bonds. The zero-order chi connectivity index (χ0) is 21.0. The van der Waals surface area contributed by atoms with E-state index in [1.807, 2.05) is 0 Å². The minimum absolute atomic E-state index is 0.109. The maximum Gasteiger partial charge on any atom is 0.416 e. The fourth-order valence-corrected chi connectivity index (χ4v) is 4.44. The van der Waals surface area contributed by atoms with Gasteiger partial charge in [0, 0.05) is 6.54 Å². The minimum Gasteiger partial charge on any atom is -0.369 e. The first-order valence-corrected chi connectivity index (χ1v) is 9.70. The van der Waals surface area contributed by atoms with E-state index in [4.69, 9.17) is 11.0 Å². The topological polar surface area (TPSA) is 104 Å². The standard InChI is InChI=1S/C13H11F6N3O3S2/c14-12(15,16)9-2-1-3-10(13(17,18)19)8(9)6-22(5-4-20)27(24,25)26-7-11(21)23/h1-3H,5-7H2,(H2,21,23). The average Bonchev–Trinajstić information content (AvgIpc) is 2.50. The Balaban J connectivity index is 3.49. The molecule has 0 aromatic heterocycles. The second-order valence-corrected chi connectivity index (χ2v) is 8.81. The fraction of sp³-hybridized carbons (Fsp3) is 0.385. The molecule has 0 aliphatic carbocycles. The quantitative estimate of drug-likeness (QED) is 0.403. The molecule has 150 valence electrons. The number of amides is 1. The van der Waals surface area contributed by atoms with Crippen molar-refractivity contribution < 1.29 is 39.6 Å². The molecule has 0 aliphatic heterocycles. The summed E-state index contributed by atoms with van der Waals surface area (Å²) in [5, 5.41) is 8.71. The Kier molecular flexibility index (Phi) is 7.14. The molecule has 0 unspecified atom stereocenters. The first-order chi connectivity index (χ1) is 12.2. The molecule has 0 spiro atoms. The summed E-state index contributed by atoms with van der Waals surface area (Å²) in [7, 11) is -4.72. The molecule has 0 radical (unpaired) electrons. The number of nitrogens with two attached hydrogens (primary N) is 1. The highest BCUT2D eigenvalue weighted by Crippen LogP contribution is 2.40. The van der Waals surface area contributed by atoms with E-state index in [-0.39, 0.29) is 15.1 Å². The van der Waals surface area contributed by atoms with Crippen LogP contribution in [0.2, 0.25) is 0 Å². The van der Waals surface area contributed by atoms with Crippen LogP contribution in [-0.4, -0.2) is 30.9 Å². The van der Waals surface area contributed by atoms with Gasteiger partial charge in [-0.2, -0.15) is 35.9 Å². The highest BCUT2D eigenvalue weighted by molar-refractivity contribution is 8.71. The summed E-state index contributed by atoms with van der Waals surface area (Å²) >= 11 is 0. The lowest BCUT2D eigenvalue weighted by Crippen LogP contribution is -2.32. The predicted octanol–water partition coefficient (Wildman–Crippen LogP) is 2.51. The van der Waals surface area contributed by atoms with Crippen molar-refractivity contribution >= 4 is 25.8 Å². The number of carbonyl (C=O) groups excluding carboxylic acids is 1. The summed E-state index contributed by atoms with van der Waals surface area (Å²) in [6.07, 6.45) is -10.4. The van der Waals surface area contributed by atoms with Crippen LogP contribution in [-0.2, 0) is 32.7 Å². The van der Waals surface area contributed by atoms with Gasteiger partial charge < -0.3 is 5.73 Å². The molecule has 0 aliphatic rings. The van der Waals surface area contributed by atoms with E-state index in [2.05, 4.69) is 0 Å². The molecule has 0 saturated carbocycles. The van der Waals surface area contributed by atoms with Crippen LogP contribution in [0.5, 0.6) is 0 Å². The molecule has 6 nitrogen and oxygen atoms in total. The zero-order valence-corrected chi connectivity index (χ0v) is 14.8. The number of hydrogen-bond donors (Lipinski definition) is 1. The van der Waals surface area contributed by atoms with Gasteiger partial charge in [-0.05, 0) is 28.5 Å². The first kappa shape index (κ1) is 23.1. The molecule has 14 heteroatoms. The third-order valence-electron chi connectivity index (χ3n) is 3.03. The van der Waals surface area contributed by atoms with Crippen LogP contribution in [0.1, 0.15) is 16.7 Å². The Hall–Kier alpha value is -1.98. The van der Waals surface area contributed by atoms with Crippen molar-refractivity contribution in [2.75, 3.05) is 12.3 Å². The summed E-state index contributed by atoms with van der Waals surface area (Å²) in [6, 6.07) is 2.64. The Morgan fingerprint density at radius 1 is 1.15 bits per heavy atom. The van der Waals surface area contributed by atoms with E-state index >= 15 is 0 Å². The zero-order valence-electron chi connectivity index (χ0n) is 13.1. The summed E-state index contributed by atoms with van der Waals surface area (Å²) in [5.41, 5.74) is 0.0628. The van der Waals surface area contributed by atoms with Gasteiger partial charge in [0.05, 0.1) is 22.9 Å². The largest absolute Gasteiger partial charge is 0.416 e. The van der Waals surface area contributed by atoms with Crippen LogP contribution in [0.4, 0.5) is 26.3 Å².